The van der Waals surface area contributed by atoms with Gasteiger partial charge < -0.3 is 14.2 Å². The van der Waals surface area contributed by atoms with Crippen molar-refractivity contribution in [2.24, 2.45) is 17.8 Å². The Bertz CT molecular complexity index is 991. The molecule has 0 aromatic carbocycles. The number of carbonyl (C=O) groups is 3. The second-order valence-corrected chi connectivity index (χ2v) is 21.4. The molecule has 0 saturated heterocycles. The van der Waals surface area contributed by atoms with Crippen molar-refractivity contribution in [1.82, 2.24) is 0 Å². The molecule has 0 aromatic heterocycles. The van der Waals surface area contributed by atoms with Crippen molar-refractivity contribution in [3.8, 4) is 0 Å². The van der Waals surface area contributed by atoms with Gasteiger partial charge in [-0.3, -0.25) is 14.4 Å². The molecule has 0 aliphatic rings. The highest BCUT2D eigenvalue weighted by Gasteiger charge is 2.19. The van der Waals surface area contributed by atoms with Gasteiger partial charge in [0, 0.05) is 19.3 Å². The molecule has 6 nitrogen and oxygen atoms in total. The summed E-state index contributed by atoms with van der Waals surface area (Å²) in [6.07, 6.45) is 51.0. The first-order chi connectivity index (χ1) is 31.1. The second-order valence-electron chi connectivity index (χ2n) is 21.4. The van der Waals surface area contributed by atoms with Gasteiger partial charge in [-0.05, 0) is 37.0 Å². The summed E-state index contributed by atoms with van der Waals surface area (Å²) in [5.41, 5.74) is 0. The van der Waals surface area contributed by atoms with Crippen LogP contribution in [0.3, 0.4) is 0 Å². The van der Waals surface area contributed by atoms with E-state index in [2.05, 4.69) is 41.5 Å². The fourth-order valence-corrected chi connectivity index (χ4v) is 8.82. The van der Waals surface area contributed by atoms with Crippen LogP contribution in [0.1, 0.15) is 318 Å². The minimum absolute atomic E-state index is 0.0640. The van der Waals surface area contributed by atoms with Gasteiger partial charge in [-0.2, -0.15) is 0 Å². The van der Waals surface area contributed by atoms with Gasteiger partial charge in [0.05, 0.1) is 0 Å². The summed E-state index contributed by atoms with van der Waals surface area (Å²) < 4.78 is 16.9. The highest BCUT2D eigenvalue weighted by atomic mass is 16.6. The van der Waals surface area contributed by atoms with Crippen molar-refractivity contribution in [2.75, 3.05) is 13.2 Å². The molecule has 6 heteroatoms. The molecule has 64 heavy (non-hydrogen) atoms. The minimum atomic E-state index is -0.763. The summed E-state index contributed by atoms with van der Waals surface area (Å²) in [6, 6.07) is 0. The van der Waals surface area contributed by atoms with Gasteiger partial charge in [0.25, 0.3) is 0 Å². The second kappa shape index (κ2) is 49.3. The topological polar surface area (TPSA) is 78.9 Å². The number of ether oxygens (including phenoxy) is 3. The van der Waals surface area contributed by atoms with Crippen LogP contribution in [0.2, 0.25) is 0 Å². The molecule has 0 heterocycles. The molecular weight excluding hydrogens is 793 g/mol. The lowest BCUT2D eigenvalue weighted by Crippen LogP contribution is -2.30. The number of esters is 3. The summed E-state index contributed by atoms with van der Waals surface area (Å²) >= 11 is 0. The molecular formula is C58H112O6. The van der Waals surface area contributed by atoms with Crippen LogP contribution in [0.25, 0.3) is 0 Å². The summed E-state index contributed by atoms with van der Waals surface area (Å²) in [4.78, 5) is 38.1. The normalized spacial score (nSPS) is 12.1. The number of rotatable bonds is 51. The molecule has 0 fully saturated rings. The van der Waals surface area contributed by atoms with E-state index in [4.69, 9.17) is 14.2 Å². The fourth-order valence-electron chi connectivity index (χ4n) is 8.82. The highest BCUT2D eigenvalue weighted by molar-refractivity contribution is 5.71. The van der Waals surface area contributed by atoms with Gasteiger partial charge in [0.1, 0.15) is 13.2 Å². The van der Waals surface area contributed by atoms with E-state index in [0.29, 0.717) is 19.3 Å². The lowest BCUT2D eigenvalue weighted by molar-refractivity contribution is -0.167. The van der Waals surface area contributed by atoms with E-state index in [0.717, 1.165) is 75.5 Å². The Morgan fingerprint density at radius 2 is 0.453 bits per heavy atom. The Balaban J connectivity index is 4.27. The van der Waals surface area contributed by atoms with Crippen LogP contribution in [-0.4, -0.2) is 37.2 Å². The quantitative estimate of drug-likeness (QED) is 0.0344. The molecule has 0 spiro atoms. The maximum absolute atomic E-state index is 12.8. The Labute approximate surface area is 399 Å². The van der Waals surface area contributed by atoms with Crippen LogP contribution < -0.4 is 0 Å². The smallest absolute Gasteiger partial charge is 0.306 e. The molecule has 0 N–H and O–H groups in total. The van der Waals surface area contributed by atoms with Crippen molar-refractivity contribution >= 4 is 17.9 Å². The van der Waals surface area contributed by atoms with Crippen LogP contribution in [-0.2, 0) is 28.6 Å². The van der Waals surface area contributed by atoms with Gasteiger partial charge in [0.15, 0.2) is 6.10 Å². The molecule has 1 atom stereocenters. The monoisotopic (exact) mass is 905 g/mol. The van der Waals surface area contributed by atoms with Gasteiger partial charge in [-0.15, -0.1) is 0 Å². The molecule has 0 bridgehead atoms. The molecule has 380 valence electrons. The number of hydrogen-bond donors (Lipinski definition) is 0. The van der Waals surface area contributed by atoms with E-state index in [-0.39, 0.29) is 31.1 Å². The first-order valence-electron chi connectivity index (χ1n) is 28.6. The fraction of sp³-hybridized carbons (Fsp3) is 0.948. The lowest BCUT2D eigenvalue weighted by Gasteiger charge is -2.18. The first kappa shape index (κ1) is 62.4. The Morgan fingerprint density at radius 1 is 0.266 bits per heavy atom. The van der Waals surface area contributed by atoms with Crippen molar-refractivity contribution < 1.29 is 28.6 Å². The summed E-state index contributed by atoms with van der Waals surface area (Å²) in [5.74, 6) is 1.64. The van der Waals surface area contributed by atoms with Gasteiger partial charge >= 0.3 is 17.9 Å². The van der Waals surface area contributed by atoms with Gasteiger partial charge in [-0.25, -0.2) is 0 Å². The predicted octanol–water partition coefficient (Wildman–Crippen LogP) is 18.7. The van der Waals surface area contributed by atoms with E-state index in [9.17, 15) is 14.4 Å². The molecule has 0 saturated carbocycles. The predicted molar refractivity (Wildman–Crippen MR) is 275 cm³/mol. The third-order valence-corrected chi connectivity index (χ3v) is 13.1. The number of unbranched alkanes of at least 4 members (excludes halogenated alkanes) is 34. The molecule has 0 amide bonds. The summed E-state index contributed by atoms with van der Waals surface area (Å²) in [6.45, 7) is 13.7. The molecule has 0 radical (unpaired) electrons. The first-order valence-corrected chi connectivity index (χ1v) is 28.6. The molecule has 0 aliphatic carbocycles. The summed E-state index contributed by atoms with van der Waals surface area (Å²) in [7, 11) is 0. The highest BCUT2D eigenvalue weighted by Crippen LogP contribution is 2.18. The van der Waals surface area contributed by atoms with Crippen LogP contribution in [0, 0.1) is 17.8 Å². The maximum atomic E-state index is 12.8. The SMILES string of the molecule is CC(C)CCCCCCCCCCCCCCCCCCC(=O)O[C@H](COC(=O)CCCCCCCCCCCCCCCC(C)C)COC(=O)CCCCCCCCCCC(C)C. The van der Waals surface area contributed by atoms with E-state index in [1.165, 1.54) is 199 Å². The third-order valence-electron chi connectivity index (χ3n) is 13.1. The Hall–Kier alpha value is -1.59. The number of hydrogen-bond acceptors (Lipinski definition) is 6. The average Bonchev–Trinajstić information content (AvgIpc) is 3.25. The van der Waals surface area contributed by atoms with E-state index in [1.807, 2.05) is 0 Å². The molecule has 0 unspecified atom stereocenters. The summed E-state index contributed by atoms with van der Waals surface area (Å²) in [5, 5.41) is 0. The average molecular weight is 906 g/mol. The standard InChI is InChI=1S/C58H112O6/c1-52(2)44-38-32-26-20-16-12-9-7-8-10-14-19-23-31-37-43-49-58(61)64-55(51-63-57(60)48-42-36-30-25-24-28-34-40-46-54(5)6)50-62-56(59)47-41-35-29-22-18-15-11-13-17-21-27-33-39-45-53(3)4/h52-55H,7-51H2,1-6H3/t55-/m1/s1. The van der Waals surface area contributed by atoms with Crippen molar-refractivity contribution in [2.45, 2.75) is 324 Å². The van der Waals surface area contributed by atoms with Crippen molar-refractivity contribution in [3.63, 3.8) is 0 Å². The third kappa shape index (κ3) is 51.4. The minimum Gasteiger partial charge on any atom is -0.462 e. The zero-order valence-electron chi connectivity index (χ0n) is 44.1. The van der Waals surface area contributed by atoms with Crippen LogP contribution in [0.5, 0.6) is 0 Å². The molecule has 0 rings (SSSR count). The maximum Gasteiger partial charge on any atom is 0.306 e. The Morgan fingerprint density at radius 3 is 0.672 bits per heavy atom. The van der Waals surface area contributed by atoms with E-state index >= 15 is 0 Å². The van der Waals surface area contributed by atoms with E-state index in [1.54, 1.807) is 0 Å². The van der Waals surface area contributed by atoms with Crippen molar-refractivity contribution in [1.29, 1.82) is 0 Å². The zero-order chi connectivity index (χ0) is 47.0. The molecule has 0 aliphatic heterocycles. The number of carbonyl (C=O) groups excluding carboxylic acids is 3. The van der Waals surface area contributed by atoms with Gasteiger partial charge in [-0.1, -0.05) is 279 Å². The van der Waals surface area contributed by atoms with Gasteiger partial charge in [0.2, 0.25) is 0 Å². The zero-order valence-corrected chi connectivity index (χ0v) is 44.1. The van der Waals surface area contributed by atoms with Crippen molar-refractivity contribution in [3.05, 3.63) is 0 Å². The lowest BCUT2D eigenvalue weighted by atomic mass is 10.0. The van der Waals surface area contributed by atoms with Crippen LogP contribution >= 0.6 is 0 Å². The van der Waals surface area contributed by atoms with Crippen LogP contribution in [0.15, 0.2) is 0 Å². The van der Waals surface area contributed by atoms with Crippen LogP contribution in [0.4, 0.5) is 0 Å². The molecule has 0 aromatic rings. The Kier molecular flexibility index (Phi) is 48.1. The largest absolute Gasteiger partial charge is 0.462 e. The van der Waals surface area contributed by atoms with E-state index < -0.39 is 6.10 Å².